The molecule has 0 radical (unpaired) electrons. The number of aromatic nitrogens is 3. The average Bonchev–Trinajstić information content (AvgIpc) is 3.49. The van der Waals surface area contributed by atoms with E-state index in [4.69, 9.17) is 5.73 Å². The molecule has 1 spiro atoms. The molecule has 2 aromatic heterocycles. The standard InChI is InChI=1S/C28H26FN5O2/c29-18-5-3-4-16(12-18)17-6-7-19(31-15-17)8-9-20-23-21(13-28(14-22(23)35)10-1-2-11-28)32-27-24(20)25(26(30)36)33-34-27/h3-9,12,15,20H,1-2,10-11,13-14H2,(H2,30,36)(H2,32,33,34)/b9-8+. The van der Waals surface area contributed by atoms with Crippen molar-refractivity contribution in [3.63, 3.8) is 0 Å². The second-order valence-electron chi connectivity index (χ2n) is 10.0. The van der Waals surface area contributed by atoms with Gasteiger partial charge < -0.3 is 11.1 Å². The van der Waals surface area contributed by atoms with Gasteiger partial charge in [0, 0.05) is 40.9 Å². The minimum absolute atomic E-state index is 0.0197. The fraction of sp³-hybridized carbons (Fsp3) is 0.286. The van der Waals surface area contributed by atoms with Gasteiger partial charge in [-0.25, -0.2) is 4.39 Å². The Morgan fingerprint density at radius 3 is 2.69 bits per heavy atom. The molecule has 0 saturated heterocycles. The number of H-pyrrole nitrogens is 1. The number of hydrogen-bond donors (Lipinski definition) is 3. The van der Waals surface area contributed by atoms with Crippen LogP contribution in [0.3, 0.4) is 0 Å². The Bertz CT molecular complexity index is 1430. The second-order valence-corrected chi connectivity index (χ2v) is 10.0. The summed E-state index contributed by atoms with van der Waals surface area (Å²) < 4.78 is 13.6. The van der Waals surface area contributed by atoms with E-state index < -0.39 is 11.8 Å². The summed E-state index contributed by atoms with van der Waals surface area (Å²) in [4.78, 5) is 30.2. The van der Waals surface area contributed by atoms with Crippen LogP contribution in [0.1, 0.15) is 66.2 Å². The number of halogens is 1. The van der Waals surface area contributed by atoms with Gasteiger partial charge in [0.15, 0.2) is 11.6 Å². The highest BCUT2D eigenvalue weighted by Crippen LogP contribution is 2.53. The number of benzene rings is 1. The topological polar surface area (TPSA) is 114 Å². The number of nitrogens with zero attached hydrogens (tertiary/aromatic N) is 2. The minimum Gasteiger partial charge on any atom is -0.364 e. The van der Waals surface area contributed by atoms with E-state index in [0.717, 1.165) is 48.9 Å². The van der Waals surface area contributed by atoms with E-state index >= 15 is 0 Å². The number of nitrogens with two attached hydrogens (primary N) is 1. The van der Waals surface area contributed by atoms with Gasteiger partial charge in [-0.3, -0.25) is 19.7 Å². The van der Waals surface area contributed by atoms with Gasteiger partial charge in [-0.05, 0) is 54.5 Å². The van der Waals surface area contributed by atoms with Crippen LogP contribution in [0.5, 0.6) is 0 Å². The zero-order valence-corrected chi connectivity index (χ0v) is 19.7. The number of aromatic amines is 1. The highest BCUT2D eigenvalue weighted by molar-refractivity contribution is 6.03. The van der Waals surface area contributed by atoms with Crippen molar-refractivity contribution in [2.45, 2.75) is 44.4 Å². The molecule has 0 bridgehead atoms. The van der Waals surface area contributed by atoms with Gasteiger partial charge >= 0.3 is 0 Å². The van der Waals surface area contributed by atoms with Crippen molar-refractivity contribution in [3.8, 4) is 11.1 Å². The Balaban J connectivity index is 1.36. The number of Topliss-reactive ketones (excluding diaryl/α,β-unsaturated/α-hetero) is 1. The molecule has 3 aromatic rings. The summed E-state index contributed by atoms with van der Waals surface area (Å²) in [5.41, 5.74) is 10.2. The third kappa shape index (κ3) is 3.82. The third-order valence-corrected chi connectivity index (χ3v) is 7.72. The SMILES string of the molecule is NC(=O)c1[nH]nc2c1C(/C=C/c1ccc(-c3cccc(F)c3)cn1)C1=C(CC3(CCCC3)CC1=O)N2. The minimum atomic E-state index is -0.624. The highest BCUT2D eigenvalue weighted by atomic mass is 19.1. The van der Waals surface area contributed by atoms with Gasteiger partial charge in [0.25, 0.3) is 5.91 Å². The lowest BCUT2D eigenvalue weighted by atomic mass is 9.67. The molecule has 7 nitrogen and oxygen atoms in total. The van der Waals surface area contributed by atoms with E-state index in [1.54, 1.807) is 12.3 Å². The second kappa shape index (κ2) is 8.55. The fourth-order valence-corrected chi connectivity index (χ4v) is 6.04. The first kappa shape index (κ1) is 22.4. The number of hydrogen-bond acceptors (Lipinski definition) is 5. The Hall–Kier alpha value is -4.07. The van der Waals surface area contributed by atoms with Crippen molar-refractivity contribution >= 4 is 23.6 Å². The predicted octanol–water partition coefficient (Wildman–Crippen LogP) is 5.11. The number of carbonyl (C=O) groups excluding carboxylic acids is 2. The maximum absolute atomic E-state index is 13.6. The van der Waals surface area contributed by atoms with Gasteiger partial charge in [-0.1, -0.05) is 37.1 Å². The van der Waals surface area contributed by atoms with Gasteiger partial charge in [0.05, 0.1) is 5.69 Å². The normalized spacial score (nSPS) is 20.5. The largest absolute Gasteiger partial charge is 0.364 e. The van der Waals surface area contributed by atoms with Crippen molar-refractivity contribution in [1.82, 2.24) is 15.2 Å². The van der Waals surface area contributed by atoms with Crippen LogP contribution in [0.15, 0.2) is 59.9 Å². The Morgan fingerprint density at radius 2 is 1.97 bits per heavy atom. The maximum Gasteiger partial charge on any atom is 0.267 e. The predicted molar refractivity (Wildman–Crippen MR) is 134 cm³/mol. The third-order valence-electron chi connectivity index (χ3n) is 7.72. The number of amides is 1. The summed E-state index contributed by atoms with van der Waals surface area (Å²) in [5.74, 6) is -0.745. The fourth-order valence-electron chi connectivity index (χ4n) is 6.04. The zero-order chi connectivity index (χ0) is 24.9. The summed E-state index contributed by atoms with van der Waals surface area (Å²) in [6.07, 6.45) is 11.2. The molecule has 6 rings (SSSR count). The maximum atomic E-state index is 13.6. The van der Waals surface area contributed by atoms with Crippen LogP contribution in [0.25, 0.3) is 17.2 Å². The summed E-state index contributed by atoms with van der Waals surface area (Å²) in [6, 6.07) is 10.1. The summed E-state index contributed by atoms with van der Waals surface area (Å²) in [7, 11) is 0. The monoisotopic (exact) mass is 483 g/mol. The van der Waals surface area contributed by atoms with E-state index in [0.29, 0.717) is 29.1 Å². The molecular formula is C28H26FN5O2. The first-order valence-electron chi connectivity index (χ1n) is 12.2. The number of anilines is 1. The molecule has 3 aliphatic rings. The van der Waals surface area contributed by atoms with E-state index in [9.17, 15) is 14.0 Å². The number of rotatable bonds is 4. The van der Waals surface area contributed by atoms with Crippen LogP contribution in [0.4, 0.5) is 10.2 Å². The summed E-state index contributed by atoms with van der Waals surface area (Å²) in [5, 5.41) is 10.4. The molecule has 1 fully saturated rings. The van der Waals surface area contributed by atoms with Gasteiger partial charge in [-0.2, -0.15) is 5.10 Å². The number of fused-ring (bicyclic) bond motifs is 1. The number of pyridine rings is 1. The van der Waals surface area contributed by atoms with Crippen molar-refractivity contribution in [2.24, 2.45) is 11.1 Å². The molecule has 36 heavy (non-hydrogen) atoms. The molecule has 1 amide bonds. The smallest absolute Gasteiger partial charge is 0.267 e. The Labute approximate surface area is 207 Å². The van der Waals surface area contributed by atoms with E-state index in [1.807, 2.05) is 30.4 Å². The molecule has 4 N–H and O–H groups in total. The first-order chi connectivity index (χ1) is 17.4. The van der Waals surface area contributed by atoms with Crippen molar-refractivity contribution < 1.29 is 14.0 Å². The number of primary amides is 1. The molecule has 2 aliphatic carbocycles. The lowest BCUT2D eigenvalue weighted by Crippen LogP contribution is -2.35. The van der Waals surface area contributed by atoms with Crippen LogP contribution < -0.4 is 11.1 Å². The number of nitrogens with one attached hydrogen (secondary N) is 2. The molecule has 182 valence electrons. The van der Waals surface area contributed by atoms with Crippen LogP contribution in [0.2, 0.25) is 0 Å². The van der Waals surface area contributed by atoms with E-state index in [-0.39, 0.29) is 22.7 Å². The highest BCUT2D eigenvalue weighted by Gasteiger charge is 2.46. The number of ketones is 1. The van der Waals surface area contributed by atoms with Crippen LogP contribution in [-0.2, 0) is 4.79 Å². The van der Waals surface area contributed by atoms with Crippen LogP contribution in [-0.4, -0.2) is 26.9 Å². The van der Waals surface area contributed by atoms with E-state index in [1.165, 1.54) is 12.1 Å². The van der Waals surface area contributed by atoms with Gasteiger partial charge in [0.1, 0.15) is 11.5 Å². The lowest BCUT2D eigenvalue weighted by Gasteiger charge is -2.39. The molecule has 1 atom stereocenters. The molecule has 1 aromatic carbocycles. The van der Waals surface area contributed by atoms with Crippen molar-refractivity contribution in [1.29, 1.82) is 0 Å². The molecule has 1 unspecified atom stereocenters. The number of allylic oxidation sites excluding steroid dienone is 3. The molecular weight excluding hydrogens is 457 g/mol. The molecule has 8 heteroatoms. The van der Waals surface area contributed by atoms with E-state index in [2.05, 4.69) is 20.5 Å². The van der Waals surface area contributed by atoms with Crippen LogP contribution >= 0.6 is 0 Å². The quantitative estimate of drug-likeness (QED) is 0.477. The number of carbonyl (C=O) groups is 2. The molecule has 1 saturated carbocycles. The zero-order valence-electron chi connectivity index (χ0n) is 19.7. The molecule has 3 heterocycles. The van der Waals surface area contributed by atoms with Crippen molar-refractivity contribution in [3.05, 3.63) is 82.7 Å². The molecule has 1 aliphatic heterocycles. The van der Waals surface area contributed by atoms with Crippen molar-refractivity contribution in [2.75, 3.05) is 5.32 Å². The van der Waals surface area contributed by atoms with Gasteiger partial charge in [0.2, 0.25) is 0 Å². The first-order valence-corrected chi connectivity index (χ1v) is 12.2. The van der Waals surface area contributed by atoms with Crippen LogP contribution in [0, 0.1) is 11.2 Å². The average molecular weight is 484 g/mol. The lowest BCUT2D eigenvalue weighted by molar-refractivity contribution is -0.118. The Kier molecular flexibility index (Phi) is 5.32. The summed E-state index contributed by atoms with van der Waals surface area (Å²) in [6.45, 7) is 0. The van der Waals surface area contributed by atoms with Gasteiger partial charge in [-0.15, -0.1) is 0 Å². The summed E-state index contributed by atoms with van der Waals surface area (Å²) >= 11 is 0. The Morgan fingerprint density at radius 1 is 1.14 bits per heavy atom.